The van der Waals surface area contributed by atoms with E-state index < -0.39 is 0 Å². The van der Waals surface area contributed by atoms with Crippen LogP contribution in [-0.2, 0) is 4.79 Å². The van der Waals surface area contributed by atoms with Crippen LogP contribution in [0.2, 0.25) is 0 Å². The first-order valence-corrected chi connectivity index (χ1v) is 8.26. The van der Waals surface area contributed by atoms with E-state index >= 15 is 0 Å². The molecular weight excluding hydrogens is 274 g/mol. The number of rotatable bonds is 2. The predicted molar refractivity (Wildman–Crippen MR) is 88.8 cm³/mol. The molecule has 3 N–H and O–H groups in total. The molecule has 0 aromatic heterocycles. The quantitative estimate of drug-likeness (QED) is 0.783. The van der Waals surface area contributed by atoms with Gasteiger partial charge in [-0.15, -0.1) is 0 Å². The Bertz CT molecular complexity index is 650. The predicted octanol–water partition coefficient (Wildman–Crippen LogP) is 2.10. The number of fused-ring (bicyclic) bond motifs is 2. The van der Waals surface area contributed by atoms with Gasteiger partial charge in [-0.2, -0.15) is 0 Å². The Morgan fingerprint density at radius 2 is 2.18 bits per heavy atom. The van der Waals surface area contributed by atoms with E-state index in [0.717, 1.165) is 19.5 Å². The van der Waals surface area contributed by atoms with E-state index in [1.54, 1.807) is 0 Å². The molecule has 2 aliphatic heterocycles. The maximum absolute atomic E-state index is 12.3. The largest absolute Gasteiger partial charge is 0.384 e. The Balaban J connectivity index is 1.71. The zero-order valence-corrected chi connectivity index (χ0v) is 13.1. The van der Waals surface area contributed by atoms with E-state index in [-0.39, 0.29) is 17.9 Å². The van der Waals surface area contributed by atoms with E-state index in [4.69, 9.17) is 0 Å². The zero-order chi connectivity index (χ0) is 15.3. The number of benzene rings is 1. The molecule has 2 heterocycles. The van der Waals surface area contributed by atoms with E-state index in [1.165, 1.54) is 22.4 Å². The highest BCUT2D eigenvalue weighted by Crippen LogP contribution is 2.46. The van der Waals surface area contributed by atoms with Crippen molar-refractivity contribution in [1.82, 2.24) is 10.6 Å². The van der Waals surface area contributed by atoms with Crippen LogP contribution < -0.4 is 16.0 Å². The normalized spacial score (nSPS) is 28.5. The minimum Gasteiger partial charge on any atom is -0.384 e. The molecule has 4 nitrogen and oxygen atoms in total. The molecule has 0 fully saturated rings. The van der Waals surface area contributed by atoms with Crippen molar-refractivity contribution in [2.45, 2.75) is 38.3 Å². The Morgan fingerprint density at radius 1 is 1.32 bits per heavy atom. The van der Waals surface area contributed by atoms with Crippen molar-refractivity contribution in [2.24, 2.45) is 5.92 Å². The molecule has 0 saturated heterocycles. The average molecular weight is 297 g/mol. The lowest BCUT2D eigenvalue weighted by atomic mass is 9.75. The second-order valence-corrected chi connectivity index (χ2v) is 6.93. The Labute approximate surface area is 131 Å². The summed E-state index contributed by atoms with van der Waals surface area (Å²) in [5.74, 6) is 0.651. The van der Waals surface area contributed by atoms with Gasteiger partial charge in [-0.3, -0.25) is 4.79 Å². The summed E-state index contributed by atoms with van der Waals surface area (Å²) in [6.45, 7) is 5.78. The van der Waals surface area contributed by atoms with Gasteiger partial charge in [0.25, 0.3) is 0 Å². The molecule has 0 saturated carbocycles. The lowest BCUT2D eigenvalue weighted by molar-refractivity contribution is -0.124. The molecule has 0 radical (unpaired) electrons. The number of nitrogens with one attached hydrogen (secondary N) is 3. The van der Waals surface area contributed by atoms with Gasteiger partial charge in [0.2, 0.25) is 5.91 Å². The number of carbonyl (C=O) groups excluding carboxylic acids is 1. The number of anilines is 1. The Hall–Kier alpha value is -1.81. The third kappa shape index (κ3) is 2.13. The summed E-state index contributed by atoms with van der Waals surface area (Å²) in [7, 11) is 0. The van der Waals surface area contributed by atoms with Gasteiger partial charge in [-0.1, -0.05) is 18.2 Å². The molecule has 1 amide bonds. The highest BCUT2D eigenvalue weighted by atomic mass is 16.1. The monoisotopic (exact) mass is 297 g/mol. The fraction of sp³-hybridized carbons (Fsp3) is 0.500. The number of hydrogen-bond acceptors (Lipinski definition) is 3. The standard InChI is InChI=1S/C18H23N3O/c1-10(2)21-18(22)12-6-14-13-4-3-5-15-17(13)11(8-19-15)7-16(14)20-9-12/h3-6,10-12,16,19-20H,7-9H2,1-2H3,(H,21,22)/t11?,12-,16-/m1/s1. The molecule has 1 aromatic carbocycles. The highest BCUT2D eigenvalue weighted by Gasteiger charge is 2.38. The smallest absolute Gasteiger partial charge is 0.228 e. The fourth-order valence-corrected chi connectivity index (χ4v) is 4.05. The van der Waals surface area contributed by atoms with E-state index in [0.29, 0.717) is 12.0 Å². The van der Waals surface area contributed by atoms with Crippen molar-refractivity contribution in [3.63, 3.8) is 0 Å². The molecule has 4 heteroatoms. The van der Waals surface area contributed by atoms with Crippen LogP contribution in [0.3, 0.4) is 0 Å². The molecule has 4 rings (SSSR count). The summed E-state index contributed by atoms with van der Waals surface area (Å²) in [6.07, 6.45) is 3.32. The number of hydrogen-bond donors (Lipinski definition) is 3. The lowest BCUT2D eigenvalue weighted by Gasteiger charge is -2.36. The first-order chi connectivity index (χ1) is 10.6. The first-order valence-electron chi connectivity index (χ1n) is 8.26. The number of amides is 1. The van der Waals surface area contributed by atoms with Crippen LogP contribution in [0.15, 0.2) is 24.3 Å². The first kappa shape index (κ1) is 13.8. The molecular formula is C18H23N3O. The van der Waals surface area contributed by atoms with Crippen molar-refractivity contribution in [3.05, 3.63) is 35.4 Å². The van der Waals surface area contributed by atoms with Crippen molar-refractivity contribution in [3.8, 4) is 0 Å². The van der Waals surface area contributed by atoms with Gasteiger partial charge < -0.3 is 16.0 Å². The van der Waals surface area contributed by atoms with Gasteiger partial charge in [0, 0.05) is 36.8 Å². The summed E-state index contributed by atoms with van der Waals surface area (Å²) in [6, 6.07) is 7.06. The summed E-state index contributed by atoms with van der Waals surface area (Å²) < 4.78 is 0. The second kappa shape index (κ2) is 5.13. The third-order valence-corrected chi connectivity index (χ3v) is 4.99. The molecule has 1 aromatic rings. The van der Waals surface area contributed by atoms with Crippen LogP contribution >= 0.6 is 0 Å². The minimum atomic E-state index is -0.0737. The van der Waals surface area contributed by atoms with E-state index in [2.05, 4.69) is 40.2 Å². The molecule has 0 bridgehead atoms. The van der Waals surface area contributed by atoms with Crippen LogP contribution in [0, 0.1) is 5.92 Å². The summed E-state index contributed by atoms with van der Waals surface area (Å²) in [5, 5.41) is 10.1. The van der Waals surface area contributed by atoms with E-state index in [1.807, 2.05) is 13.8 Å². The number of carbonyl (C=O) groups is 1. The summed E-state index contributed by atoms with van der Waals surface area (Å²) >= 11 is 0. The lowest BCUT2D eigenvalue weighted by Crippen LogP contribution is -2.46. The molecule has 3 aliphatic rings. The Kier molecular flexibility index (Phi) is 3.22. The highest BCUT2D eigenvalue weighted by molar-refractivity contribution is 5.87. The molecule has 3 atom stereocenters. The SMILES string of the molecule is CC(C)NC(=O)[C@@H]1C=C2c3cccc4c3C(CN4)C[C@H]2NC1. The topological polar surface area (TPSA) is 53.2 Å². The molecule has 1 aliphatic carbocycles. The second-order valence-electron chi connectivity index (χ2n) is 6.93. The van der Waals surface area contributed by atoms with Gasteiger partial charge in [-0.25, -0.2) is 0 Å². The van der Waals surface area contributed by atoms with Crippen molar-refractivity contribution in [1.29, 1.82) is 0 Å². The zero-order valence-electron chi connectivity index (χ0n) is 13.1. The molecule has 1 unspecified atom stereocenters. The maximum atomic E-state index is 12.3. The van der Waals surface area contributed by atoms with Crippen LogP contribution in [0.4, 0.5) is 5.69 Å². The van der Waals surface area contributed by atoms with E-state index in [9.17, 15) is 4.79 Å². The molecule has 116 valence electrons. The third-order valence-electron chi connectivity index (χ3n) is 4.99. The van der Waals surface area contributed by atoms with Crippen molar-refractivity contribution >= 4 is 17.2 Å². The van der Waals surface area contributed by atoms with Gasteiger partial charge >= 0.3 is 0 Å². The van der Waals surface area contributed by atoms with Gasteiger partial charge in [0.15, 0.2) is 0 Å². The maximum Gasteiger partial charge on any atom is 0.228 e. The van der Waals surface area contributed by atoms with Crippen LogP contribution in [0.1, 0.15) is 37.3 Å². The van der Waals surface area contributed by atoms with Crippen LogP contribution in [-0.4, -0.2) is 31.1 Å². The van der Waals surface area contributed by atoms with Gasteiger partial charge in [0.1, 0.15) is 0 Å². The van der Waals surface area contributed by atoms with Crippen LogP contribution in [0.5, 0.6) is 0 Å². The minimum absolute atomic E-state index is 0.0737. The summed E-state index contributed by atoms with van der Waals surface area (Å²) in [5.41, 5.74) is 5.37. The van der Waals surface area contributed by atoms with Crippen molar-refractivity contribution < 1.29 is 4.79 Å². The Morgan fingerprint density at radius 3 is 3.00 bits per heavy atom. The van der Waals surface area contributed by atoms with Gasteiger partial charge in [0.05, 0.1) is 5.92 Å². The van der Waals surface area contributed by atoms with Crippen LogP contribution in [0.25, 0.3) is 5.57 Å². The average Bonchev–Trinajstić information content (AvgIpc) is 2.91. The summed E-state index contributed by atoms with van der Waals surface area (Å²) in [4.78, 5) is 12.3. The van der Waals surface area contributed by atoms with Gasteiger partial charge in [-0.05, 0) is 43.0 Å². The fourth-order valence-electron chi connectivity index (χ4n) is 4.05. The van der Waals surface area contributed by atoms with Crippen molar-refractivity contribution in [2.75, 3.05) is 18.4 Å². The molecule has 22 heavy (non-hydrogen) atoms. The molecule has 0 spiro atoms.